The van der Waals surface area contributed by atoms with Gasteiger partial charge in [0.25, 0.3) is 0 Å². The number of nitrogens with zero attached hydrogens (tertiary/aromatic N) is 5. The molecular weight excluding hydrogens is 422 g/mol. The second-order valence-corrected chi connectivity index (χ2v) is 9.73. The maximum atomic E-state index is 12.2. The molecule has 0 N–H and O–H groups in total. The van der Waals surface area contributed by atoms with Gasteiger partial charge in [-0.25, -0.2) is 18.4 Å². The summed E-state index contributed by atoms with van der Waals surface area (Å²) in [7, 11) is -3.42. The highest BCUT2D eigenvalue weighted by Gasteiger charge is 2.29. The monoisotopic (exact) mass is 443 g/mol. The lowest BCUT2D eigenvalue weighted by Gasteiger charge is -2.29. The lowest BCUT2D eigenvalue weighted by Crippen LogP contribution is -2.37. The zero-order chi connectivity index (χ0) is 21.1. The second-order valence-electron chi connectivity index (χ2n) is 6.79. The van der Waals surface area contributed by atoms with E-state index in [2.05, 4.69) is 15.1 Å². The van der Waals surface area contributed by atoms with Gasteiger partial charge in [-0.2, -0.15) is 0 Å². The van der Waals surface area contributed by atoms with Gasteiger partial charge in [0, 0.05) is 37.1 Å². The maximum Gasteiger partial charge on any atom is 0.232 e. The Balaban J connectivity index is 1.75. The van der Waals surface area contributed by atoms with E-state index in [1.807, 2.05) is 25.1 Å². The van der Waals surface area contributed by atoms with Crippen molar-refractivity contribution in [3.8, 4) is 21.1 Å². The molecule has 30 heavy (non-hydrogen) atoms. The zero-order valence-electron chi connectivity index (χ0n) is 16.6. The summed E-state index contributed by atoms with van der Waals surface area (Å²) in [6, 6.07) is 7.41. The van der Waals surface area contributed by atoms with E-state index in [0.29, 0.717) is 42.4 Å². The first kappa shape index (κ1) is 20.4. The molecule has 0 unspecified atom stereocenters. The van der Waals surface area contributed by atoms with Crippen LogP contribution in [0.25, 0.3) is 21.1 Å². The topological polar surface area (TPSA) is 97.6 Å². The zero-order valence-corrected chi connectivity index (χ0v) is 18.3. The van der Waals surface area contributed by atoms with Crippen LogP contribution in [-0.2, 0) is 14.9 Å². The molecule has 0 spiro atoms. The molecule has 0 fully saturated rings. The number of pyridine rings is 2. The first-order valence-electron chi connectivity index (χ1n) is 9.52. The third-order valence-electron chi connectivity index (χ3n) is 4.50. The number of rotatable bonds is 6. The summed E-state index contributed by atoms with van der Waals surface area (Å²) < 4.78 is 25.9. The molecule has 0 amide bonds. The highest BCUT2D eigenvalue weighted by molar-refractivity contribution is 7.92. The van der Waals surface area contributed by atoms with E-state index in [4.69, 9.17) is 9.82 Å². The van der Waals surface area contributed by atoms with Crippen LogP contribution in [0.4, 0.5) is 5.69 Å². The van der Waals surface area contributed by atoms with E-state index in [1.165, 1.54) is 21.9 Å². The molecule has 0 radical (unpaired) electrons. The van der Waals surface area contributed by atoms with Crippen molar-refractivity contribution in [2.75, 3.05) is 23.7 Å². The Morgan fingerprint density at radius 2 is 2.13 bits per heavy atom. The molecule has 3 aromatic heterocycles. The Morgan fingerprint density at radius 1 is 1.27 bits per heavy atom. The largest absolute Gasteiger partial charge is 0.396 e. The molecule has 4 rings (SSSR count). The van der Waals surface area contributed by atoms with E-state index in [0.717, 1.165) is 21.9 Å². The lowest BCUT2D eigenvalue weighted by molar-refractivity contribution is 0.144. The van der Waals surface area contributed by atoms with E-state index < -0.39 is 10.0 Å². The molecule has 1 aliphatic rings. The summed E-state index contributed by atoms with van der Waals surface area (Å²) in [6.45, 7) is 2.81. The molecule has 0 saturated carbocycles. The molecule has 3 aromatic rings. The van der Waals surface area contributed by atoms with E-state index in [9.17, 15) is 8.42 Å². The van der Waals surface area contributed by atoms with E-state index in [1.54, 1.807) is 24.7 Å². The normalized spacial score (nSPS) is 15.3. The molecule has 4 heterocycles. The number of hydrogen-bond acceptors (Lipinski definition) is 8. The minimum Gasteiger partial charge on any atom is -0.396 e. The first-order valence-corrected chi connectivity index (χ1v) is 12.2. The van der Waals surface area contributed by atoms with E-state index >= 15 is 0 Å². The Kier molecular flexibility index (Phi) is 5.78. The third-order valence-corrected chi connectivity index (χ3v) is 6.75. The van der Waals surface area contributed by atoms with E-state index in [-0.39, 0.29) is 0 Å². The van der Waals surface area contributed by atoms with Crippen molar-refractivity contribution in [2.45, 2.75) is 19.8 Å². The quantitative estimate of drug-likeness (QED) is 0.427. The van der Waals surface area contributed by atoms with Crippen LogP contribution >= 0.6 is 11.3 Å². The van der Waals surface area contributed by atoms with Crippen LogP contribution in [0.3, 0.4) is 0 Å². The summed E-state index contributed by atoms with van der Waals surface area (Å²) in [5, 5.41) is 5.07. The van der Waals surface area contributed by atoms with Crippen LogP contribution in [0.1, 0.15) is 25.5 Å². The summed E-state index contributed by atoms with van der Waals surface area (Å²) >= 11 is 1.50. The minimum absolute atomic E-state index is 0.312. The fraction of sp³-hybridized carbons (Fsp3) is 0.300. The van der Waals surface area contributed by atoms with Gasteiger partial charge in [-0.05, 0) is 30.7 Å². The molecule has 0 atom stereocenters. The number of thiazole rings is 1. The standard InChI is InChI=1S/C20H21N5O3S2/c1-3-11-28-24-16-8-10-25(30(2,26)27)17-7-6-15(23-19(16)17)18-13-22-20(29-18)14-5-4-9-21-12-14/h4-7,9,12-13H,3,8,10-11H2,1-2H3/b24-16+. The van der Waals surface area contributed by atoms with Crippen molar-refractivity contribution >= 4 is 32.8 Å². The average molecular weight is 444 g/mol. The maximum absolute atomic E-state index is 12.2. The SMILES string of the molecule is CCCO/N=C1\CCN(S(C)(=O)=O)c2ccc(-c3cnc(-c4cccnc4)s3)nc21. The van der Waals surface area contributed by atoms with Gasteiger partial charge in [-0.15, -0.1) is 11.3 Å². The van der Waals surface area contributed by atoms with Crippen molar-refractivity contribution in [1.82, 2.24) is 15.0 Å². The lowest BCUT2D eigenvalue weighted by atomic mass is 10.1. The van der Waals surface area contributed by atoms with Gasteiger partial charge in [0.2, 0.25) is 10.0 Å². The Bertz CT molecular complexity index is 1180. The van der Waals surface area contributed by atoms with Crippen molar-refractivity contribution in [1.29, 1.82) is 0 Å². The fourth-order valence-corrected chi connectivity index (χ4v) is 4.92. The number of sulfonamides is 1. The van der Waals surface area contributed by atoms with Crippen LogP contribution in [0.2, 0.25) is 0 Å². The van der Waals surface area contributed by atoms with Crippen molar-refractivity contribution < 1.29 is 13.3 Å². The number of anilines is 1. The molecular formula is C20H21N5O3S2. The predicted octanol–water partition coefficient (Wildman–Crippen LogP) is 3.57. The molecule has 0 saturated heterocycles. The molecule has 0 aromatic carbocycles. The average Bonchev–Trinajstić information content (AvgIpc) is 3.24. The highest BCUT2D eigenvalue weighted by Crippen LogP contribution is 2.34. The van der Waals surface area contributed by atoms with Crippen LogP contribution in [0, 0.1) is 0 Å². The molecule has 1 aliphatic heterocycles. The summed E-state index contributed by atoms with van der Waals surface area (Å²) in [5.41, 5.74) is 3.34. The molecule has 8 nitrogen and oxygen atoms in total. The number of oxime groups is 1. The fourth-order valence-electron chi connectivity index (χ4n) is 3.11. The Hall–Kier alpha value is -2.85. The Labute approximate surface area is 179 Å². The Morgan fingerprint density at radius 3 is 2.87 bits per heavy atom. The van der Waals surface area contributed by atoms with Gasteiger partial charge in [0.15, 0.2) is 0 Å². The van der Waals surface area contributed by atoms with Gasteiger partial charge in [-0.3, -0.25) is 9.29 Å². The third kappa shape index (κ3) is 4.19. The smallest absolute Gasteiger partial charge is 0.232 e. The minimum atomic E-state index is -3.42. The van der Waals surface area contributed by atoms with Crippen molar-refractivity contribution in [3.63, 3.8) is 0 Å². The molecule has 10 heteroatoms. The molecule has 0 aliphatic carbocycles. The summed E-state index contributed by atoms with van der Waals surface area (Å²) in [4.78, 5) is 19.6. The van der Waals surface area contributed by atoms with Gasteiger partial charge >= 0.3 is 0 Å². The number of hydrogen-bond donors (Lipinski definition) is 0. The number of aromatic nitrogens is 3. The van der Waals surface area contributed by atoms with Crippen LogP contribution in [-0.4, -0.2) is 48.5 Å². The molecule has 0 bridgehead atoms. The van der Waals surface area contributed by atoms with Crippen molar-refractivity contribution in [3.05, 3.63) is 48.5 Å². The predicted molar refractivity (Wildman–Crippen MR) is 118 cm³/mol. The van der Waals surface area contributed by atoms with Gasteiger partial charge in [0.05, 0.1) is 22.5 Å². The van der Waals surface area contributed by atoms with Crippen LogP contribution in [0.15, 0.2) is 48.0 Å². The van der Waals surface area contributed by atoms with Crippen molar-refractivity contribution in [2.24, 2.45) is 5.16 Å². The number of fused-ring (bicyclic) bond motifs is 1. The van der Waals surface area contributed by atoms with Crippen LogP contribution < -0.4 is 4.31 Å². The van der Waals surface area contributed by atoms with Gasteiger partial charge in [-0.1, -0.05) is 12.1 Å². The second kappa shape index (κ2) is 8.49. The first-order chi connectivity index (χ1) is 14.5. The van der Waals surface area contributed by atoms with Gasteiger partial charge in [0.1, 0.15) is 23.0 Å². The van der Waals surface area contributed by atoms with Crippen LogP contribution in [0.5, 0.6) is 0 Å². The van der Waals surface area contributed by atoms with Gasteiger partial charge < -0.3 is 4.84 Å². The highest BCUT2D eigenvalue weighted by atomic mass is 32.2. The molecule has 156 valence electrons. The summed E-state index contributed by atoms with van der Waals surface area (Å²) in [6.07, 6.45) is 7.72. The summed E-state index contributed by atoms with van der Waals surface area (Å²) in [5.74, 6) is 0.